The normalized spacial score (nSPS) is 18.8. The van der Waals surface area contributed by atoms with Crippen LogP contribution in [0.5, 0.6) is 5.75 Å². The van der Waals surface area contributed by atoms with Crippen molar-refractivity contribution in [2.45, 2.75) is 25.5 Å². The van der Waals surface area contributed by atoms with Gasteiger partial charge in [0.2, 0.25) is 0 Å². The Balaban J connectivity index is 1.81. The smallest absolute Gasteiger partial charge is 0.124 e. The first-order valence-corrected chi connectivity index (χ1v) is 6.54. The molecule has 3 nitrogen and oxygen atoms in total. The van der Waals surface area contributed by atoms with Crippen molar-refractivity contribution >= 4 is 0 Å². The fraction of sp³-hybridized carbons (Fsp3) is 0.467. The molecule has 3 heteroatoms. The minimum atomic E-state index is 0.381. The standard InChI is InChI=1S/C15H21NO2/c1-2-9-18-15-8-4-3-6-13(15)11-16-12-14-7-5-10-17-14/h2-4,6,8,14,16H,1,5,7,9-12H2/t14-/m1/s1. The van der Waals surface area contributed by atoms with Gasteiger partial charge in [-0.15, -0.1) is 0 Å². The molecule has 0 saturated carbocycles. The van der Waals surface area contributed by atoms with Gasteiger partial charge in [-0.05, 0) is 18.9 Å². The maximum atomic E-state index is 5.62. The van der Waals surface area contributed by atoms with Crippen molar-refractivity contribution in [3.05, 3.63) is 42.5 Å². The number of benzene rings is 1. The first-order chi connectivity index (χ1) is 8.90. The molecule has 0 bridgehead atoms. The predicted octanol–water partition coefficient (Wildman–Crippen LogP) is 2.52. The van der Waals surface area contributed by atoms with Gasteiger partial charge in [-0.3, -0.25) is 0 Å². The number of hydrogen-bond donors (Lipinski definition) is 1. The highest BCUT2D eigenvalue weighted by Gasteiger charge is 2.14. The number of rotatable bonds is 7. The maximum absolute atomic E-state index is 5.62. The van der Waals surface area contributed by atoms with E-state index in [4.69, 9.17) is 9.47 Å². The van der Waals surface area contributed by atoms with Crippen LogP contribution >= 0.6 is 0 Å². The van der Waals surface area contributed by atoms with Gasteiger partial charge >= 0.3 is 0 Å². The van der Waals surface area contributed by atoms with Gasteiger partial charge < -0.3 is 14.8 Å². The minimum absolute atomic E-state index is 0.381. The summed E-state index contributed by atoms with van der Waals surface area (Å²) in [6.07, 6.45) is 4.50. The van der Waals surface area contributed by atoms with Crippen LogP contribution in [0.25, 0.3) is 0 Å². The summed E-state index contributed by atoms with van der Waals surface area (Å²) >= 11 is 0. The van der Waals surface area contributed by atoms with E-state index in [0.29, 0.717) is 12.7 Å². The zero-order valence-corrected chi connectivity index (χ0v) is 10.7. The molecule has 1 aromatic carbocycles. The second kappa shape index (κ2) is 7.19. The lowest BCUT2D eigenvalue weighted by molar-refractivity contribution is 0.110. The summed E-state index contributed by atoms with van der Waals surface area (Å²) in [6, 6.07) is 8.10. The molecule has 1 aliphatic heterocycles. The van der Waals surface area contributed by atoms with Crippen LogP contribution < -0.4 is 10.1 Å². The fourth-order valence-corrected chi connectivity index (χ4v) is 2.11. The Morgan fingerprint density at radius 3 is 3.11 bits per heavy atom. The minimum Gasteiger partial charge on any atom is -0.489 e. The largest absolute Gasteiger partial charge is 0.489 e. The molecule has 1 atom stereocenters. The summed E-state index contributed by atoms with van der Waals surface area (Å²) in [5.41, 5.74) is 1.18. The first-order valence-electron chi connectivity index (χ1n) is 6.54. The SMILES string of the molecule is C=CCOc1ccccc1CNC[C@H]1CCCO1. The molecular weight excluding hydrogens is 226 g/mol. The number of ether oxygens (including phenoxy) is 2. The Morgan fingerprint density at radius 2 is 2.33 bits per heavy atom. The van der Waals surface area contributed by atoms with E-state index in [-0.39, 0.29) is 0 Å². The van der Waals surface area contributed by atoms with E-state index in [1.807, 2.05) is 18.2 Å². The topological polar surface area (TPSA) is 30.5 Å². The molecule has 1 heterocycles. The molecule has 98 valence electrons. The van der Waals surface area contributed by atoms with E-state index in [9.17, 15) is 0 Å². The van der Waals surface area contributed by atoms with Crippen LogP contribution in [0, 0.1) is 0 Å². The maximum Gasteiger partial charge on any atom is 0.124 e. The summed E-state index contributed by atoms with van der Waals surface area (Å²) < 4.78 is 11.2. The Kier molecular flexibility index (Phi) is 5.24. The highest BCUT2D eigenvalue weighted by atomic mass is 16.5. The second-order valence-corrected chi connectivity index (χ2v) is 4.47. The predicted molar refractivity (Wildman–Crippen MR) is 72.8 cm³/mol. The highest BCUT2D eigenvalue weighted by Crippen LogP contribution is 2.18. The van der Waals surface area contributed by atoms with Crippen molar-refractivity contribution in [1.82, 2.24) is 5.32 Å². The summed E-state index contributed by atoms with van der Waals surface area (Å²) in [5.74, 6) is 0.928. The molecule has 0 aliphatic carbocycles. The van der Waals surface area contributed by atoms with E-state index in [2.05, 4.69) is 18.0 Å². The lowest BCUT2D eigenvalue weighted by Crippen LogP contribution is -2.26. The first kappa shape index (κ1) is 13.1. The average molecular weight is 247 g/mol. The highest BCUT2D eigenvalue weighted by molar-refractivity contribution is 5.33. The average Bonchev–Trinajstić information content (AvgIpc) is 2.91. The molecule has 1 saturated heterocycles. The van der Waals surface area contributed by atoms with Crippen molar-refractivity contribution in [2.75, 3.05) is 19.8 Å². The van der Waals surface area contributed by atoms with Crippen molar-refractivity contribution in [2.24, 2.45) is 0 Å². The van der Waals surface area contributed by atoms with Gasteiger partial charge in [-0.1, -0.05) is 30.9 Å². The molecular formula is C15H21NO2. The monoisotopic (exact) mass is 247 g/mol. The van der Waals surface area contributed by atoms with Crippen molar-refractivity contribution in [3.63, 3.8) is 0 Å². The Morgan fingerprint density at radius 1 is 1.44 bits per heavy atom. The van der Waals surface area contributed by atoms with E-state index < -0.39 is 0 Å². The third kappa shape index (κ3) is 3.86. The molecule has 0 amide bonds. The zero-order chi connectivity index (χ0) is 12.6. The number of nitrogens with one attached hydrogen (secondary N) is 1. The number of hydrogen-bond acceptors (Lipinski definition) is 3. The lowest BCUT2D eigenvalue weighted by Gasteiger charge is -2.13. The summed E-state index contributed by atoms with van der Waals surface area (Å²) in [4.78, 5) is 0. The summed E-state index contributed by atoms with van der Waals surface area (Å²) in [6.45, 7) is 6.84. The van der Waals surface area contributed by atoms with E-state index in [0.717, 1.165) is 25.4 Å². The molecule has 0 unspecified atom stereocenters. The summed E-state index contributed by atoms with van der Waals surface area (Å²) in [7, 11) is 0. The molecule has 2 rings (SSSR count). The van der Waals surface area contributed by atoms with Crippen LogP contribution in [-0.4, -0.2) is 25.9 Å². The third-order valence-corrected chi connectivity index (χ3v) is 3.04. The molecule has 0 aromatic heterocycles. The van der Waals surface area contributed by atoms with Crippen LogP contribution in [-0.2, 0) is 11.3 Å². The molecule has 1 aromatic rings. The van der Waals surface area contributed by atoms with Gasteiger partial charge in [0.25, 0.3) is 0 Å². The Hall–Kier alpha value is -1.32. The second-order valence-electron chi connectivity index (χ2n) is 4.47. The van der Waals surface area contributed by atoms with Crippen molar-refractivity contribution in [3.8, 4) is 5.75 Å². The van der Waals surface area contributed by atoms with Crippen LogP contribution in [0.2, 0.25) is 0 Å². The van der Waals surface area contributed by atoms with E-state index >= 15 is 0 Å². The molecule has 1 N–H and O–H groups in total. The molecule has 1 fully saturated rings. The Labute approximate surface area is 109 Å². The van der Waals surface area contributed by atoms with Crippen LogP contribution in [0.4, 0.5) is 0 Å². The fourth-order valence-electron chi connectivity index (χ4n) is 2.11. The lowest BCUT2D eigenvalue weighted by atomic mass is 10.2. The quantitative estimate of drug-likeness (QED) is 0.751. The molecule has 18 heavy (non-hydrogen) atoms. The third-order valence-electron chi connectivity index (χ3n) is 3.04. The Bertz CT molecular complexity index is 373. The number of para-hydroxylation sites is 1. The van der Waals surface area contributed by atoms with Crippen LogP contribution in [0.15, 0.2) is 36.9 Å². The zero-order valence-electron chi connectivity index (χ0n) is 10.7. The van der Waals surface area contributed by atoms with Gasteiger partial charge in [0.1, 0.15) is 12.4 Å². The molecule has 0 spiro atoms. The van der Waals surface area contributed by atoms with Gasteiger partial charge in [-0.2, -0.15) is 0 Å². The molecule has 1 aliphatic rings. The van der Waals surface area contributed by atoms with Crippen molar-refractivity contribution < 1.29 is 9.47 Å². The van der Waals surface area contributed by atoms with Crippen LogP contribution in [0.3, 0.4) is 0 Å². The van der Waals surface area contributed by atoms with Gasteiger partial charge in [0, 0.05) is 25.3 Å². The van der Waals surface area contributed by atoms with E-state index in [1.54, 1.807) is 6.08 Å². The van der Waals surface area contributed by atoms with Crippen molar-refractivity contribution in [1.29, 1.82) is 0 Å². The van der Waals surface area contributed by atoms with Gasteiger partial charge in [0.05, 0.1) is 6.10 Å². The van der Waals surface area contributed by atoms with E-state index in [1.165, 1.54) is 18.4 Å². The molecule has 0 radical (unpaired) electrons. The van der Waals surface area contributed by atoms with Gasteiger partial charge in [-0.25, -0.2) is 0 Å². The van der Waals surface area contributed by atoms with Crippen LogP contribution in [0.1, 0.15) is 18.4 Å². The van der Waals surface area contributed by atoms with Gasteiger partial charge in [0.15, 0.2) is 0 Å². The summed E-state index contributed by atoms with van der Waals surface area (Å²) in [5, 5.41) is 3.43.